The molecule has 1 spiro atoms. The van der Waals surface area contributed by atoms with Gasteiger partial charge < -0.3 is 10.4 Å². The van der Waals surface area contributed by atoms with Crippen molar-refractivity contribution in [1.29, 1.82) is 0 Å². The number of hydrogen-bond donors (Lipinski definition) is 2. The normalized spacial score (nSPS) is 20.0. The number of benzene rings is 1. The first-order valence-corrected chi connectivity index (χ1v) is 8.01. The zero-order chi connectivity index (χ0) is 18.7. The van der Waals surface area contributed by atoms with Crippen LogP contribution < -0.4 is 5.32 Å². The highest BCUT2D eigenvalue weighted by molar-refractivity contribution is 5.95. The maximum absolute atomic E-state index is 13.3. The number of rotatable bonds is 4. The molecule has 1 aromatic heterocycles. The molecule has 1 unspecified atom stereocenters. The Labute approximate surface area is 145 Å². The molecule has 2 fully saturated rings. The van der Waals surface area contributed by atoms with E-state index in [1.807, 2.05) is 0 Å². The van der Waals surface area contributed by atoms with Crippen molar-refractivity contribution in [1.82, 2.24) is 9.78 Å². The molecule has 0 aliphatic heterocycles. The summed E-state index contributed by atoms with van der Waals surface area (Å²) in [4.78, 5) is 23.3. The van der Waals surface area contributed by atoms with Crippen LogP contribution in [-0.4, -0.2) is 26.8 Å². The first kappa shape index (κ1) is 16.6. The number of aromatic carboxylic acids is 1. The number of nitrogens with zero attached hydrogens (tertiary/aromatic N) is 2. The number of carbonyl (C=O) groups is 2. The van der Waals surface area contributed by atoms with Crippen molar-refractivity contribution >= 4 is 17.6 Å². The lowest BCUT2D eigenvalue weighted by Gasteiger charge is -2.13. The fourth-order valence-corrected chi connectivity index (χ4v) is 3.35. The van der Waals surface area contributed by atoms with E-state index in [9.17, 15) is 22.8 Å². The standard InChI is InChI=1S/C17H14F3N3O3/c18-17(19,20)13-11(15(25)26)8-21-23(13)10-3-1-2-9(6-10)22-14(24)12-7-16(12)4-5-16/h1-3,6,8,12H,4-5,7H2,(H,22,24)(H,25,26). The Morgan fingerprint density at radius 1 is 1.31 bits per heavy atom. The molecule has 2 aliphatic rings. The van der Waals surface area contributed by atoms with E-state index < -0.39 is 23.4 Å². The number of carbonyl (C=O) groups excluding carboxylic acids is 1. The molecular formula is C17H14F3N3O3. The summed E-state index contributed by atoms with van der Waals surface area (Å²) < 4.78 is 40.5. The smallest absolute Gasteiger partial charge is 0.434 e. The van der Waals surface area contributed by atoms with Crippen LogP contribution in [0, 0.1) is 11.3 Å². The highest BCUT2D eigenvalue weighted by atomic mass is 19.4. The van der Waals surface area contributed by atoms with Crippen LogP contribution in [0.3, 0.4) is 0 Å². The third-order valence-electron chi connectivity index (χ3n) is 5.02. The summed E-state index contributed by atoms with van der Waals surface area (Å²) in [6.45, 7) is 0. The van der Waals surface area contributed by atoms with Gasteiger partial charge in [-0.3, -0.25) is 4.79 Å². The maximum atomic E-state index is 13.3. The number of halogens is 3. The second-order valence-corrected chi connectivity index (χ2v) is 6.78. The van der Waals surface area contributed by atoms with Gasteiger partial charge in [-0.05, 0) is 42.9 Å². The number of nitrogens with one attached hydrogen (secondary N) is 1. The predicted molar refractivity (Wildman–Crippen MR) is 83.9 cm³/mol. The van der Waals surface area contributed by atoms with E-state index in [4.69, 9.17) is 5.11 Å². The molecule has 0 bridgehead atoms. The van der Waals surface area contributed by atoms with E-state index in [0.717, 1.165) is 19.3 Å². The molecule has 2 aromatic rings. The topological polar surface area (TPSA) is 84.2 Å². The minimum Gasteiger partial charge on any atom is -0.478 e. The molecular weight excluding hydrogens is 351 g/mol. The van der Waals surface area contributed by atoms with E-state index in [-0.39, 0.29) is 22.9 Å². The number of carboxylic acid groups (broad SMARTS) is 1. The summed E-state index contributed by atoms with van der Waals surface area (Å²) >= 11 is 0. The number of anilines is 1. The zero-order valence-corrected chi connectivity index (χ0v) is 13.4. The van der Waals surface area contributed by atoms with E-state index in [0.29, 0.717) is 16.6 Å². The minimum atomic E-state index is -4.89. The molecule has 1 amide bonds. The van der Waals surface area contributed by atoms with Crippen LogP contribution in [0.1, 0.15) is 35.3 Å². The van der Waals surface area contributed by atoms with Crippen LogP contribution in [0.15, 0.2) is 30.5 Å². The van der Waals surface area contributed by atoms with Gasteiger partial charge in [-0.15, -0.1) is 0 Å². The summed E-state index contributed by atoms with van der Waals surface area (Å²) in [5.41, 5.74) is -1.77. The molecule has 136 valence electrons. The van der Waals surface area contributed by atoms with Crippen LogP contribution in [-0.2, 0) is 11.0 Å². The Bertz CT molecular complexity index is 915. The third kappa shape index (κ3) is 2.73. The van der Waals surface area contributed by atoms with Gasteiger partial charge in [0.05, 0.1) is 11.9 Å². The molecule has 0 saturated heterocycles. The van der Waals surface area contributed by atoms with Crippen molar-refractivity contribution in [3.05, 3.63) is 41.7 Å². The minimum absolute atomic E-state index is 0.0135. The van der Waals surface area contributed by atoms with Crippen molar-refractivity contribution in [3.8, 4) is 5.69 Å². The second kappa shape index (κ2) is 5.33. The van der Waals surface area contributed by atoms with Gasteiger partial charge in [-0.25, -0.2) is 9.48 Å². The molecule has 6 nitrogen and oxygen atoms in total. The van der Waals surface area contributed by atoms with E-state index in [1.54, 1.807) is 6.07 Å². The Morgan fingerprint density at radius 2 is 2.04 bits per heavy atom. The van der Waals surface area contributed by atoms with Crippen molar-refractivity contribution in [2.45, 2.75) is 25.4 Å². The van der Waals surface area contributed by atoms with Crippen molar-refractivity contribution in [2.24, 2.45) is 11.3 Å². The Morgan fingerprint density at radius 3 is 2.62 bits per heavy atom. The lowest BCUT2D eigenvalue weighted by Crippen LogP contribution is -2.18. The van der Waals surface area contributed by atoms with Crippen LogP contribution >= 0.6 is 0 Å². The SMILES string of the molecule is O=C(O)c1cnn(-c2cccc(NC(=O)C3CC34CC4)c2)c1C(F)(F)F. The molecule has 9 heteroatoms. The summed E-state index contributed by atoms with van der Waals surface area (Å²) in [6.07, 6.45) is -1.28. The number of carboxylic acids is 1. The first-order chi connectivity index (χ1) is 12.2. The molecule has 0 radical (unpaired) electrons. The monoisotopic (exact) mass is 365 g/mol. The Hall–Kier alpha value is -2.84. The lowest BCUT2D eigenvalue weighted by atomic mass is 10.2. The van der Waals surface area contributed by atoms with Gasteiger partial charge in [0, 0.05) is 11.6 Å². The van der Waals surface area contributed by atoms with Crippen molar-refractivity contribution in [2.75, 3.05) is 5.32 Å². The predicted octanol–water partition coefficient (Wildman–Crippen LogP) is 3.33. The van der Waals surface area contributed by atoms with E-state index in [2.05, 4.69) is 10.4 Å². The number of alkyl halides is 3. The highest BCUT2D eigenvalue weighted by Crippen LogP contribution is 2.70. The number of aromatic nitrogens is 2. The molecule has 1 atom stereocenters. The summed E-state index contributed by atoms with van der Waals surface area (Å²) in [5, 5.41) is 15.3. The molecule has 2 aliphatic carbocycles. The van der Waals surface area contributed by atoms with Gasteiger partial charge in [0.15, 0.2) is 5.69 Å². The quantitative estimate of drug-likeness (QED) is 0.871. The summed E-state index contributed by atoms with van der Waals surface area (Å²) in [6, 6.07) is 5.75. The Kier molecular flexibility index (Phi) is 3.40. The largest absolute Gasteiger partial charge is 0.478 e. The Balaban J connectivity index is 1.64. The van der Waals surface area contributed by atoms with Gasteiger partial charge in [0.25, 0.3) is 0 Å². The van der Waals surface area contributed by atoms with Crippen LogP contribution in [0.2, 0.25) is 0 Å². The molecule has 4 rings (SSSR count). The molecule has 2 N–H and O–H groups in total. The van der Waals surface area contributed by atoms with Crippen molar-refractivity contribution in [3.63, 3.8) is 0 Å². The lowest BCUT2D eigenvalue weighted by molar-refractivity contribution is -0.143. The molecule has 2 saturated carbocycles. The average molecular weight is 365 g/mol. The highest BCUT2D eigenvalue weighted by Gasteiger charge is 2.65. The van der Waals surface area contributed by atoms with Crippen LogP contribution in [0.4, 0.5) is 18.9 Å². The first-order valence-electron chi connectivity index (χ1n) is 8.01. The van der Waals surface area contributed by atoms with Crippen molar-refractivity contribution < 1.29 is 27.9 Å². The van der Waals surface area contributed by atoms with Gasteiger partial charge >= 0.3 is 12.1 Å². The molecule has 26 heavy (non-hydrogen) atoms. The fraction of sp³-hybridized carbons (Fsp3) is 0.353. The van der Waals surface area contributed by atoms with Gasteiger partial charge in [0.2, 0.25) is 5.91 Å². The van der Waals surface area contributed by atoms with Crippen LogP contribution in [0.5, 0.6) is 0 Å². The molecule has 1 heterocycles. The third-order valence-corrected chi connectivity index (χ3v) is 5.02. The fourth-order valence-electron chi connectivity index (χ4n) is 3.35. The van der Waals surface area contributed by atoms with Gasteiger partial charge in [-0.1, -0.05) is 6.07 Å². The zero-order valence-electron chi connectivity index (χ0n) is 13.4. The molecule has 1 aromatic carbocycles. The second-order valence-electron chi connectivity index (χ2n) is 6.78. The van der Waals surface area contributed by atoms with Gasteiger partial charge in [0.1, 0.15) is 5.56 Å². The van der Waals surface area contributed by atoms with Gasteiger partial charge in [-0.2, -0.15) is 18.3 Å². The average Bonchev–Trinajstić information content (AvgIpc) is 3.44. The maximum Gasteiger partial charge on any atom is 0.434 e. The van der Waals surface area contributed by atoms with Crippen LogP contribution in [0.25, 0.3) is 5.69 Å². The van der Waals surface area contributed by atoms with E-state index in [1.165, 1.54) is 18.2 Å². The summed E-state index contributed by atoms with van der Waals surface area (Å²) in [5.74, 6) is -1.88. The number of amides is 1. The summed E-state index contributed by atoms with van der Waals surface area (Å²) in [7, 11) is 0. The number of hydrogen-bond acceptors (Lipinski definition) is 3. The van der Waals surface area contributed by atoms with E-state index >= 15 is 0 Å².